The monoisotopic (exact) mass is 473 g/mol. The van der Waals surface area contributed by atoms with Gasteiger partial charge >= 0.3 is 12.1 Å². The Kier molecular flexibility index (Phi) is 7.08. The summed E-state index contributed by atoms with van der Waals surface area (Å²) in [7, 11) is 1.16. The highest BCUT2D eigenvalue weighted by molar-refractivity contribution is 7.80. The van der Waals surface area contributed by atoms with Gasteiger partial charge in [-0.15, -0.1) is 0 Å². The van der Waals surface area contributed by atoms with Gasteiger partial charge in [-0.3, -0.25) is 4.79 Å². The van der Waals surface area contributed by atoms with E-state index in [0.29, 0.717) is 16.3 Å². The molecule has 1 aliphatic heterocycles. The summed E-state index contributed by atoms with van der Waals surface area (Å²) < 4.78 is 58.0. The highest BCUT2D eigenvalue weighted by Gasteiger charge is 2.41. The molecule has 0 bridgehead atoms. The second-order valence-electron chi connectivity index (χ2n) is 6.66. The maximum Gasteiger partial charge on any atom is 0.420 e. The summed E-state index contributed by atoms with van der Waals surface area (Å²) >= 11 is 11.5. The third kappa shape index (κ3) is 5.11. The predicted octanol–water partition coefficient (Wildman–Crippen LogP) is 5.55. The third-order valence-corrected chi connectivity index (χ3v) is 5.25. The molecule has 0 amide bonds. The molecule has 0 aliphatic carbocycles. The number of esters is 1. The van der Waals surface area contributed by atoms with E-state index in [1.165, 1.54) is 24.3 Å². The number of thiocarbonyl (C=S) groups is 1. The number of rotatable bonds is 5. The SMILES string of the molecule is CCOC(=O)C[C@H]1O[C@H](c2cccc(OC)c2C(F)(F)F)c2cc(Cl)ccc2NC1=S. The van der Waals surface area contributed by atoms with E-state index < -0.39 is 29.9 Å². The summed E-state index contributed by atoms with van der Waals surface area (Å²) in [5.41, 5.74) is -0.381. The largest absolute Gasteiger partial charge is 0.496 e. The maximum absolute atomic E-state index is 14.0. The van der Waals surface area contributed by atoms with Gasteiger partial charge in [0.2, 0.25) is 0 Å². The number of carbonyl (C=O) groups excluding carboxylic acids is 1. The van der Waals surface area contributed by atoms with Crippen LogP contribution in [-0.2, 0) is 20.4 Å². The van der Waals surface area contributed by atoms with E-state index in [9.17, 15) is 18.0 Å². The molecular weight excluding hydrogens is 455 g/mol. The van der Waals surface area contributed by atoms with E-state index in [4.69, 9.17) is 38.0 Å². The summed E-state index contributed by atoms with van der Waals surface area (Å²) in [5.74, 6) is -0.931. The van der Waals surface area contributed by atoms with Crippen molar-refractivity contribution < 1.29 is 32.2 Å². The molecule has 1 N–H and O–H groups in total. The number of halogens is 4. The predicted molar refractivity (Wildman–Crippen MR) is 114 cm³/mol. The molecule has 31 heavy (non-hydrogen) atoms. The first-order chi connectivity index (χ1) is 14.7. The maximum atomic E-state index is 14.0. The molecule has 2 aromatic carbocycles. The molecule has 0 radical (unpaired) electrons. The van der Waals surface area contributed by atoms with Crippen molar-refractivity contribution in [1.82, 2.24) is 0 Å². The van der Waals surface area contributed by atoms with Gasteiger partial charge in [-0.1, -0.05) is 36.0 Å². The van der Waals surface area contributed by atoms with Crippen LogP contribution in [0.15, 0.2) is 36.4 Å². The minimum absolute atomic E-state index is 0.149. The van der Waals surface area contributed by atoms with Crippen molar-refractivity contribution in [2.75, 3.05) is 19.0 Å². The molecule has 0 aromatic heterocycles. The number of fused-ring (bicyclic) bond motifs is 1. The summed E-state index contributed by atoms with van der Waals surface area (Å²) in [4.78, 5) is 12.2. The molecule has 0 saturated carbocycles. The summed E-state index contributed by atoms with van der Waals surface area (Å²) in [5, 5.41) is 3.27. The van der Waals surface area contributed by atoms with Crippen LogP contribution in [0.2, 0.25) is 5.02 Å². The normalized spacial score (nSPS) is 18.6. The van der Waals surface area contributed by atoms with Gasteiger partial charge in [0.05, 0.1) is 20.1 Å². The molecule has 2 atom stereocenters. The topological polar surface area (TPSA) is 56.8 Å². The number of ether oxygens (including phenoxy) is 3. The highest BCUT2D eigenvalue weighted by Crippen LogP contribution is 2.46. The highest BCUT2D eigenvalue weighted by atomic mass is 35.5. The standard InChI is InChI=1S/C21H19ClF3NO4S/c1-3-29-17(27)10-16-20(31)26-14-8-7-11(22)9-13(14)19(30-16)12-5-4-6-15(28-2)18(12)21(23,24)25/h4-9,16,19H,3,10H2,1-2H3,(H,26,31)/t16-,19-/m1/s1. The average Bonchev–Trinajstić information content (AvgIpc) is 2.83. The first-order valence-electron chi connectivity index (χ1n) is 9.31. The van der Waals surface area contributed by atoms with Crippen molar-refractivity contribution in [3.63, 3.8) is 0 Å². The Bertz CT molecular complexity index is 999. The van der Waals surface area contributed by atoms with Crippen LogP contribution >= 0.6 is 23.8 Å². The van der Waals surface area contributed by atoms with Gasteiger partial charge in [-0.2, -0.15) is 13.2 Å². The molecule has 5 nitrogen and oxygen atoms in total. The minimum Gasteiger partial charge on any atom is -0.496 e. The van der Waals surface area contributed by atoms with Crippen LogP contribution in [0.3, 0.4) is 0 Å². The second-order valence-corrected chi connectivity index (χ2v) is 7.53. The molecule has 0 saturated heterocycles. The van der Waals surface area contributed by atoms with Gasteiger partial charge in [-0.25, -0.2) is 0 Å². The number of nitrogens with one attached hydrogen (secondary N) is 1. The lowest BCUT2D eigenvalue weighted by Crippen LogP contribution is -2.31. The molecule has 3 rings (SSSR count). The number of hydrogen-bond donors (Lipinski definition) is 1. The number of anilines is 1. The minimum atomic E-state index is -4.72. The van der Waals surface area contributed by atoms with Crippen LogP contribution in [-0.4, -0.2) is 30.8 Å². The van der Waals surface area contributed by atoms with Crippen molar-refractivity contribution >= 4 is 40.5 Å². The van der Waals surface area contributed by atoms with Crippen LogP contribution < -0.4 is 10.1 Å². The van der Waals surface area contributed by atoms with Crippen LogP contribution in [0.4, 0.5) is 18.9 Å². The smallest absolute Gasteiger partial charge is 0.420 e. The molecule has 166 valence electrons. The van der Waals surface area contributed by atoms with Crippen molar-refractivity contribution in [3.05, 3.63) is 58.1 Å². The van der Waals surface area contributed by atoms with Gasteiger partial charge in [0, 0.05) is 21.8 Å². The molecule has 1 heterocycles. The molecule has 0 spiro atoms. The van der Waals surface area contributed by atoms with Crippen LogP contribution in [0, 0.1) is 0 Å². The molecule has 0 unspecified atom stereocenters. The van der Waals surface area contributed by atoms with E-state index in [-0.39, 0.29) is 29.3 Å². The van der Waals surface area contributed by atoms with Gasteiger partial charge < -0.3 is 19.5 Å². The number of benzene rings is 2. The molecular formula is C21H19ClF3NO4S. The van der Waals surface area contributed by atoms with E-state index in [2.05, 4.69) is 5.32 Å². The van der Waals surface area contributed by atoms with Crippen LogP contribution in [0.1, 0.15) is 36.1 Å². The van der Waals surface area contributed by atoms with E-state index >= 15 is 0 Å². The molecule has 0 fully saturated rings. The molecule has 2 aromatic rings. The summed E-state index contributed by atoms with van der Waals surface area (Å²) in [6.07, 6.45) is -7.23. The Morgan fingerprint density at radius 1 is 1.26 bits per heavy atom. The van der Waals surface area contributed by atoms with Gasteiger partial charge in [0.15, 0.2) is 0 Å². The lowest BCUT2D eigenvalue weighted by atomic mass is 9.94. The van der Waals surface area contributed by atoms with Crippen molar-refractivity contribution in [2.24, 2.45) is 0 Å². The van der Waals surface area contributed by atoms with E-state index in [0.717, 1.165) is 7.11 Å². The molecule has 1 aliphatic rings. The fraction of sp³-hybridized carbons (Fsp3) is 0.333. The Labute approximate surface area is 187 Å². The van der Waals surface area contributed by atoms with Crippen molar-refractivity contribution in [3.8, 4) is 5.75 Å². The first kappa shape index (κ1) is 23.3. The zero-order valence-corrected chi connectivity index (χ0v) is 18.2. The zero-order chi connectivity index (χ0) is 22.8. The Morgan fingerprint density at radius 2 is 2.00 bits per heavy atom. The fourth-order valence-corrected chi connectivity index (χ4v) is 3.80. The van der Waals surface area contributed by atoms with E-state index in [1.807, 2.05) is 0 Å². The van der Waals surface area contributed by atoms with Crippen LogP contribution in [0.25, 0.3) is 0 Å². The Hall–Kier alpha value is -2.36. The number of carbonyl (C=O) groups is 1. The van der Waals surface area contributed by atoms with Crippen LogP contribution in [0.5, 0.6) is 5.75 Å². The second kappa shape index (κ2) is 9.42. The Balaban J connectivity index is 2.18. The fourth-order valence-electron chi connectivity index (χ4n) is 3.37. The summed E-state index contributed by atoms with van der Waals surface area (Å²) in [6.45, 7) is 1.80. The van der Waals surface area contributed by atoms with Gasteiger partial charge in [0.1, 0.15) is 28.5 Å². The number of hydrogen-bond acceptors (Lipinski definition) is 5. The Morgan fingerprint density at radius 3 is 2.65 bits per heavy atom. The van der Waals surface area contributed by atoms with Gasteiger partial charge in [-0.05, 0) is 31.2 Å². The summed E-state index contributed by atoms with van der Waals surface area (Å²) in [6, 6.07) is 8.64. The lowest BCUT2D eigenvalue weighted by molar-refractivity contribution is -0.146. The van der Waals surface area contributed by atoms with Crippen molar-refractivity contribution in [2.45, 2.75) is 31.7 Å². The van der Waals surface area contributed by atoms with Gasteiger partial charge in [0.25, 0.3) is 0 Å². The number of alkyl halides is 3. The zero-order valence-electron chi connectivity index (χ0n) is 16.6. The quantitative estimate of drug-likeness (QED) is 0.454. The molecule has 10 heteroatoms. The number of methoxy groups -OCH3 is 1. The van der Waals surface area contributed by atoms with Crippen molar-refractivity contribution in [1.29, 1.82) is 0 Å². The average molecular weight is 474 g/mol. The lowest BCUT2D eigenvalue weighted by Gasteiger charge is -2.26. The third-order valence-electron chi connectivity index (χ3n) is 4.65. The first-order valence-corrected chi connectivity index (χ1v) is 10.1. The van der Waals surface area contributed by atoms with E-state index in [1.54, 1.807) is 19.1 Å².